The number of hydrogen-bond donors (Lipinski definition) is 2. The van der Waals surface area contributed by atoms with Crippen LogP contribution >= 0.6 is 10.7 Å². The number of carbonyl (C=O) groups excluding carboxylic acids is 1. The van der Waals surface area contributed by atoms with Crippen LogP contribution < -0.4 is 11.0 Å². The van der Waals surface area contributed by atoms with Gasteiger partial charge in [-0.1, -0.05) is 0 Å². The Morgan fingerprint density at radius 1 is 1.58 bits per heavy atom. The smallest absolute Gasteiger partial charge is 0.250 e. The summed E-state index contributed by atoms with van der Waals surface area (Å²) in [7, 11) is 1.48. The maximum absolute atomic E-state index is 10.6. The van der Waals surface area contributed by atoms with Crippen molar-refractivity contribution in [2.75, 3.05) is 18.8 Å². The van der Waals surface area contributed by atoms with Gasteiger partial charge in [0.25, 0.3) is 5.91 Å². The number of nitrogens with one attached hydrogen (secondary N) is 2. The molecular formula is C4H8ClN3O3S. The molecule has 1 amide bonds. The zero-order valence-corrected chi connectivity index (χ0v) is 7.65. The molecule has 0 saturated carbocycles. The summed E-state index contributed by atoms with van der Waals surface area (Å²) < 4.78 is 21.0. The lowest BCUT2D eigenvalue weighted by Gasteiger charge is -2.10. The van der Waals surface area contributed by atoms with E-state index in [1.807, 2.05) is 0 Å². The molecule has 12 heavy (non-hydrogen) atoms. The highest BCUT2D eigenvalue weighted by atomic mass is 35.7. The van der Waals surface area contributed by atoms with Crippen molar-refractivity contribution in [2.45, 2.75) is 0 Å². The minimum atomic E-state index is -3.48. The van der Waals surface area contributed by atoms with E-state index in [2.05, 4.69) is 11.0 Å². The highest BCUT2D eigenvalue weighted by Crippen LogP contribution is 1.97. The van der Waals surface area contributed by atoms with Crippen LogP contribution in [0.1, 0.15) is 0 Å². The fourth-order valence-corrected chi connectivity index (χ4v) is 1.39. The first kappa shape index (κ1) is 9.72. The van der Waals surface area contributed by atoms with E-state index in [1.54, 1.807) is 0 Å². The Labute approximate surface area is 74.2 Å². The van der Waals surface area contributed by atoms with Gasteiger partial charge in [-0.3, -0.25) is 10.2 Å². The van der Waals surface area contributed by atoms with E-state index in [0.717, 1.165) is 0 Å². The van der Waals surface area contributed by atoms with Crippen molar-refractivity contribution in [1.82, 2.24) is 16.0 Å². The Morgan fingerprint density at radius 2 is 2.25 bits per heavy atom. The zero-order chi connectivity index (χ0) is 9.19. The van der Waals surface area contributed by atoms with E-state index in [-0.39, 0.29) is 24.7 Å². The number of amides is 1. The third kappa shape index (κ3) is 3.35. The number of halogens is 1. The highest BCUT2D eigenvalue weighted by molar-refractivity contribution is 8.13. The molecule has 0 unspecified atom stereocenters. The lowest BCUT2D eigenvalue weighted by Crippen LogP contribution is -2.38. The third-order valence-corrected chi connectivity index (χ3v) is 2.43. The van der Waals surface area contributed by atoms with Crippen LogP contribution in [0.2, 0.25) is 0 Å². The Balaban J connectivity index is 2.30. The summed E-state index contributed by atoms with van der Waals surface area (Å²) in [5.74, 6) is -0.377. The molecule has 2 N–H and O–H groups in total. The molecule has 0 aromatic carbocycles. The van der Waals surface area contributed by atoms with Gasteiger partial charge < -0.3 is 0 Å². The van der Waals surface area contributed by atoms with E-state index in [0.29, 0.717) is 0 Å². The van der Waals surface area contributed by atoms with E-state index in [1.165, 1.54) is 5.01 Å². The SMILES string of the molecule is O=C1CN(CCS(=O)(=O)Cl)NN1. The first-order chi connectivity index (χ1) is 5.47. The summed E-state index contributed by atoms with van der Waals surface area (Å²) in [6.45, 7) is 0.330. The molecule has 0 bridgehead atoms. The van der Waals surface area contributed by atoms with Gasteiger partial charge in [0.2, 0.25) is 9.05 Å². The van der Waals surface area contributed by atoms with Crippen molar-refractivity contribution in [2.24, 2.45) is 0 Å². The molecule has 70 valence electrons. The van der Waals surface area contributed by atoms with Crippen molar-refractivity contribution in [3.05, 3.63) is 0 Å². The minimum absolute atomic E-state index is 0.145. The molecule has 1 rings (SSSR count). The van der Waals surface area contributed by atoms with Crippen LogP contribution in [-0.2, 0) is 13.8 Å². The van der Waals surface area contributed by atoms with Crippen molar-refractivity contribution < 1.29 is 13.2 Å². The van der Waals surface area contributed by atoms with Crippen LogP contribution in [0, 0.1) is 0 Å². The molecule has 6 nitrogen and oxygen atoms in total. The highest BCUT2D eigenvalue weighted by Gasteiger charge is 2.19. The molecule has 0 spiro atoms. The second kappa shape index (κ2) is 3.56. The van der Waals surface area contributed by atoms with Gasteiger partial charge in [0.15, 0.2) is 0 Å². The van der Waals surface area contributed by atoms with Gasteiger partial charge in [-0.15, -0.1) is 0 Å². The summed E-state index contributed by atoms with van der Waals surface area (Å²) in [4.78, 5) is 10.6. The maximum atomic E-state index is 10.6. The van der Waals surface area contributed by atoms with Gasteiger partial charge in [-0.2, -0.15) is 5.53 Å². The summed E-state index contributed by atoms with van der Waals surface area (Å²) >= 11 is 0. The molecule has 1 fully saturated rings. The molecule has 1 aliphatic heterocycles. The van der Waals surface area contributed by atoms with Gasteiger partial charge in [0.05, 0.1) is 12.3 Å². The van der Waals surface area contributed by atoms with E-state index >= 15 is 0 Å². The molecule has 1 aliphatic rings. The summed E-state index contributed by atoms with van der Waals surface area (Å²) in [5, 5.41) is 1.43. The quantitative estimate of drug-likeness (QED) is 0.553. The number of carbonyl (C=O) groups is 1. The average Bonchev–Trinajstić information content (AvgIpc) is 2.30. The standard InChI is InChI=1S/C4H8ClN3O3S/c5-12(10,11)2-1-8-3-4(9)6-7-8/h7H,1-3H2,(H,6,9). The van der Waals surface area contributed by atoms with Gasteiger partial charge in [-0.25, -0.2) is 13.4 Å². The third-order valence-electron chi connectivity index (χ3n) is 1.29. The fraction of sp³-hybridized carbons (Fsp3) is 0.750. The van der Waals surface area contributed by atoms with Crippen molar-refractivity contribution >= 4 is 25.6 Å². The molecule has 0 atom stereocenters. The van der Waals surface area contributed by atoms with E-state index in [4.69, 9.17) is 10.7 Å². The zero-order valence-electron chi connectivity index (χ0n) is 6.08. The van der Waals surface area contributed by atoms with Gasteiger partial charge >= 0.3 is 0 Å². The predicted octanol–water partition coefficient (Wildman–Crippen LogP) is -1.59. The fourth-order valence-electron chi connectivity index (χ4n) is 0.748. The summed E-state index contributed by atoms with van der Waals surface area (Å²) in [6.07, 6.45) is 0. The van der Waals surface area contributed by atoms with Crippen LogP contribution in [-0.4, -0.2) is 38.2 Å². The van der Waals surface area contributed by atoms with Gasteiger partial charge in [0, 0.05) is 17.2 Å². The molecule has 0 radical (unpaired) electrons. The monoisotopic (exact) mass is 213 g/mol. The Hall–Kier alpha value is -0.370. The molecular weight excluding hydrogens is 206 g/mol. The van der Waals surface area contributed by atoms with E-state index < -0.39 is 9.05 Å². The van der Waals surface area contributed by atoms with Crippen LogP contribution in [0.15, 0.2) is 0 Å². The second-order valence-corrected chi connectivity index (χ2v) is 5.22. The molecule has 0 aliphatic carbocycles. The largest absolute Gasteiger partial charge is 0.277 e. The van der Waals surface area contributed by atoms with Gasteiger partial charge in [-0.05, 0) is 0 Å². The van der Waals surface area contributed by atoms with Crippen molar-refractivity contribution in [3.63, 3.8) is 0 Å². The number of hydrogen-bond acceptors (Lipinski definition) is 5. The average molecular weight is 214 g/mol. The number of nitrogens with zero attached hydrogens (tertiary/aromatic N) is 1. The van der Waals surface area contributed by atoms with Crippen molar-refractivity contribution in [3.8, 4) is 0 Å². The lowest BCUT2D eigenvalue weighted by molar-refractivity contribution is -0.118. The topological polar surface area (TPSA) is 78.5 Å². The first-order valence-corrected chi connectivity index (χ1v) is 5.67. The van der Waals surface area contributed by atoms with E-state index in [9.17, 15) is 13.2 Å². The molecule has 0 aromatic heterocycles. The molecule has 1 saturated heterocycles. The second-order valence-electron chi connectivity index (χ2n) is 2.32. The Kier molecular flexibility index (Phi) is 2.89. The maximum Gasteiger partial charge on any atom is 0.250 e. The molecule has 1 heterocycles. The van der Waals surface area contributed by atoms with Crippen LogP contribution in [0.25, 0.3) is 0 Å². The van der Waals surface area contributed by atoms with Crippen molar-refractivity contribution in [1.29, 1.82) is 0 Å². The Morgan fingerprint density at radius 3 is 2.67 bits per heavy atom. The Bertz CT molecular complexity index is 277. The molecule has 0 aromatic rings. The number of rotatable bonds is 3. The van der Waals surface area contributed by atoms with Crippen LogP contribution in [0.5, 0.6) is 0 Å². The molecule has 8 heteroatoms. The summed E-state index contributed by atoms with van der Waals surface area (Å²) in [5.41, 5.74) is 4.79. The van der Waals surface area contributed by atoms with Crippen LogP contribution in [0.4, 0.5) is 0 Å². The minimum Gasteiger partial charge on any atom is -0.277 e. The normalized spacial score (nSPS) is 19.6. The summed E-state index contributed by atoms with van der Waals surface area (Å²) in [6, 6.07) is 0. The van der Waals surface area contributed by atoms with Gasteiger partial charge in [0.1, 0.15) is 0 Å². The van der Waals surface area contributed by atoms with Crippen LogP contribution in [0.3, 0.4) is 0 Å². The predicted molar refractivity (Wildman–Crippen MR) is 42.5 cm³/mol. The first-order valence-electron chi connectivity index (χ1n) is 3.19. The lowest BCUT2D eigenvalue weighted by atomic mass is 10.6. The number of hydrazine groups is 2.